The van der Waals surface area contributed by atoms with Crippen molar-refractivity contribution in [3.8, 4) is 0 Å². The van der Waals surface area contributed by atoms with Gasteiger partial charge in [0.25, 0.3) is 0 Å². The van der Waals surface area contributed by atoms with Crippen LogP contribution in [0.25, 0.3) is 5.65 Å². The number of aromatic nitrogens is 5. The van der Waals surface area contributed by atoms with Crippen LogP contribution in [0, 0.1) is 13.8 Å². The maximum Gasteiger partial charge on any atom is 0.227 e. The minimum Gasteiger partial charge on any atom is -0.354 e. The lowest BCUT2D eigenvalue weighted by molar-refractivity contribution is -0.117. The fraction of sp³-hybridized carbons (Fsp3) is 0.474. The van der Waals surface area contributed by atoms with Crippen molar-refractivity contribution < 1.29 is 4.79 Å². The molecule has 2 aliphatic heterocycles. The summed E-state index contributed by atoms with van der Waals surface area (Å²) < 4.78 is 3.95. The molecule has 0 radical (unpaired) electrons. The molecule has 27 heavy (non-hydrogen) atoms. The van der Waals surface area contributed by atoms with E-state index >= 15 is 0 Å². The summed E-state index contributed by atoms with van der Waals surface area (Å²) in [7, 11) is 0. The van der Waals surface area contributed by atoms with Crippen LogP contribution < -0.4 is 9.80 Å². The van der Waals surface area contributed by atoms with E-state index < -0.39 is 0 Å². The molecule has 3 aromatic rings. The van der Waals surface area contributed by atoms with Crippen molar-refractivity contribution in [2.45, 2.75) is 39.2 Å². The number of carbonyl (C=O) groups excluding carboxylic acids is 1. The first-order valence-electron chi connectivity index (χ1n) is 9.52. The monoisotopic (exact) mass is 365 g/mol. The largest absolute Gasteiger partial charge is 0.354 e. The zero-order valence-electron chi connectivity index (χ0n) is 15.7. The van der Waals surface area contributed by atoms with E-state index in [2.05, 4.69) is 26.1 Å². The molecular formula is C19H23N7O. The smallest absolute Gasteiger partial charge is 0.227 e. The highest BCUT2D eigenvalue weighted by Crippen LogP contribution is 2.29. The number of amides is 1. The highest BCUT2D eigenvalue weighted by molar-refractivity contribution is 5.95. The van der Waals surface area contributed by atoms with Crippen molar-refractivity contribution in [2.75, 3.05) is 29.4 Å². The third kappa shape index (κ3) is 2.75. The molecule has 2 aliphatic rings. The van der Waals surface area contributed by atoms with Crippen molar-refractivity contribution in [1.29, 1.82) is 0 Å². The maximum atomic E-state index is 12.0. The lowest BCUT2D eigenvalue weighted by Crippen LogP contribution is -2.24. The van der Waals surface area contributed by atoms with Gasteiger partial charge in [-0.3, -0.25) is 9.48 Å². The minimum atomic E-state index is 0.200. The second-order valence-corrected chi connectivity index (χ2v) is 7.53. The Balaban J connectivity index is 1.39. The Labute approximate surface area is 157 Å². The van der Waals surface area contributed by atoms with E-state index in [1.807, 2.05) is 46.4 Å². The number of rotatable bonds is 3. The SMILES string of the molecule is Cc1cc(N2CCC(n3cc(N4CCCC4=O)cn3)C2)n2nc(C)cc2n1. The van der Waals surface area contributed by atoms with Gasteiger partial charge in [-0.25, -0.2) is 4.98 Å². The van der Waals surface area contributed by atoms with Gasteiger partial charge in [0.15, 0.2) is 5.65 Å². The topological polar surface area (TPSA) is 71.6 Å². The molecule has 2 fully saturated rings. The van der Waals surface area contributed by atoms with Gasteiger partial charge in [-0.2, -0.15) is 14.7 Å². The lowest BCUT2D eigenvalue weighted by Gasteiger charge is -2.20. The molecule has 1 atom stereocenters. The standard InChI is InChI=1S/C19H23N7O/c1-13-9-18(26-17(21-13)8-14(2)22-26)23-7-5-15(11-23)25-12-16(10-20-25)24-6-3-4-19(24)27/h8-10,12,15H,3-7,11H2,1-2H3. The van der Waals surface area contributed by atoms with Crippen LogP contribution in [0.1, 0.15) is 36.7 Å². The highest BCUT2D eigenvalue weighted by Gasteiger charge is 2.28. The van der Waals surface area contributed by atoms with Gasteiger partial charge < -0.3 is 9.80 Å². The molecule has 0 N–H and O–H groups in total. The summed E-state index contributed by atoms with van der Waals surface area (Å²) in [4.78, 5) is 20.7. The maximum absolute atomic E-state index is 12.0. The second-order valence-electron chi connectivity index (χ2n) is 7.53. The Morgan fingerprint density at radius 2 is 2.04 bits per heavy atom. The second kappa shape index (κ2) is 6.07. The van der Waals surface area contributed by atoms with Gasteiger partial charge in [0.1, 0.15) is 5.82 Å². The lowest BCUT2D eigenvalue weighted by atomic mass is 10.3. The number of anilines is 2. The molecule has 5 heterocycles. The number of hydrogen-bond acceptors (Lipinski definition) is 5. The number of fused-ring (bicyclic) bond motifs is 1. The molecule has 1 unspecified atom stereocenters. The van der Waals surface area contributed by atoms with E-state index in [0.29, 0.717) is 6.42 Å². The van der Waals surface area contributed by atoms with Crippen molar-refractivity contribution in [2.24, 2.45) is 0 Å². The fourth-order valence-corrected chi connectivity index (χ4v) is 4.17. The first kappa shape index (κ1) is 16.3. The zero-order valence-corrected chi connectivity index (χ0v) is 15.7. The molecule has 140 valence electrons. The van der Waals surface area contributed by atoms with Gasteiger partial charge in [-0.15, -0.1) is 0 Å². The van der Waals surface area contributed by atoms with Gasteiger partial charge in [-0.1, -0.05) is 0 Å². The number of carbonyl (C=O) groups is 1. The van der Waals surface area contributed by atoms with Crippen LogP contribution in [0.2, 0.25) is 0 Å². The van der Waals surface area contributed by atoms with E-state index in [1.165, 1.54) is 0 Å². The average molecular weight is 365 g/mol. The van der Waals surface area contributed by atoms with Crippen LogP contribution in [0.5, 0.6) is 0 Å². The van der Waals surface area contributed by atoms with Gasteiger partial charge in [-0.05, 0) is 26.7 Å². The van der Waals surface area contributed by atoms with Crippen LogP contribution in [0.15, 0.2) is 24.5 Å². The molecule has 0 bridgehead atoms. The van der Waals surface area contributed by atoms with E-state index in [1.54, 1.807) is 0 Å². The normalized spacial score (nSPS) is 20.4. The van der Waals surface area contributed by atoms with Gasteiger partial charge in [0.2, 0.25) is 5.91 Å². The summed E-state index contributed by atoms with van der Waals surface area (Å²) in [5.41, 5.74) is 3.77. The third-order valence-corrected chi connectivity index (χ3v) is 5.49. The number of nitrogens with zero attached hydrogens (tertiary/aromatic N) is 7. The highest BCUT2D eigenvalue weighted by atomic mass is 16.2. The van der Waals surface area contributed by atoms with E-state index in [-0.39, 0.29) is 11.9 Å². The first-order chi connectivity index (χ1) is 13.1. The van der Waals surface area contributed by atoms with Crippen molar-refractivity contribution in [1.82, 2.24) is 24.4 Å². The molecular weight excluding hydrogens is 342 g/mol. The summed E-state index contributed by atoms with van der Waals surface area (Å²) in [5, 5.41) is 9.16. The predicted molar refractivity (Wildman–Crippen MR) is 102 cm³/mol. The van der Waals surface area contributed by atoms with Gasteiger partial charge in [0, 0.05) is 50.1 Å². The van der Waals surface area contributed by atoms with Crippen molar-refractivity contribution in [3.63, 3.8) is 0 Å². The Hall–Kier alpha value is -2.90. The third-order valence-electron chi connectivity index (χ3n) is 5.49. The minimum absolute atomic E-state index is 0.200. The first-order valence-corrected chi connectivity index (χ1v) is 9.52. The summed E-state index contributed by atoms with van der Waals surface area (Å²) in [5.74, 6) is 1.28. The summed E-state index contributed by atoms with van der Waals surface area (Å²) in [6, 6.07) is 4.40. The van der Waals surface area contributed by atoms with Crippen LogP contribution >= 0.6 is 0 Å². The molecule has 2 saturated heterocycles. The Bertz CT molecular complexity index is 1020. The molecule has 1 amide bonds. The molecule has 0 spiro atoms. The predicted octanol–water partition coefficient (Wildman–Crippen LogP) is 2.12. The average Bonchev–Trinajstić information content (AvgIpc) is 3.39. The molecule has 0 saturated carbocycles. The summed E-state index contributed by atoms with van der Waals surface area (Å²) >= 11 is 0. The number of aryl methyl sites for hydroxylation is 2. The Kier molecular flexibility index (Phi) is 3.66. The Morgan fingerprint density at radius 1 is 1.15 bits per heavy atom. The molecule has 8 heteroatoms. The zero-order chi connectivity index (χ0) is 18.5. The van der Waals surface area contributed by atoms with Crippen molar-refractivity contribution in [3.05, 3.63) is 35.9 Å². The fourth-order valence-electron chi connectivity index (χ4n) is 4.17. The molecule has 3 aromatic heterocycles. The van der Waals surface area contributed by atoms with E-state index in [9.17, 15) is 4.79 Å². The summed E-state index contributed by atoms with van der Waals surface area (Å²) in [6.07, 6.45) is 6.42. The molecule has 5 rings (SSSR count). The van der Waals surface area contributed by atoms with Gasteiger partial charge in [0.05, 0.1) is 23.6 Å². The molecule has 0 aliphatic carbocycles. The quantitative estimate of drug-likeness (QED) is 0.711. The van der Waals surface area contributed by atoms with Crippen LogP contribution in [-0.2, 0) is 4.79 Å². The van der Waals surface area contributed by atoms with E-state index in [4.69, 9.17) is 0 Å². The molecule has 0 aromatic carbocycles. The van der Waals surface area contributed by atoms with Crippen LogP contribution in [0.4, 0.5) is 11.5 Å². The van der Waals surface area contributed by atoms with Crippen LogP contribution in [0.3, 0.4) is 0 Å². The van der Waals surface area contributed by atoms with Gasteiger partial charge >= 0.3 is 0 Å². The summed E-state index contributed by atoms with van der Waals surface area (Å²) in [6.45, 7) is 6.62. The van der Waals surface area contributed by atoms with Crippen molar-refractivity contribution >= 4 is 23.1 Å². The number of hydrogen-bond donors (Lipinski definition) is 0. The van der Waals surface area contributed by atoms with Crippen LogP contribution in [-0.4, -0.2) is 49.9 Å². The Morgan fingerprint density at radius 3 is 2.85 bits per heavy atom. The molecule has 8 nitrogen and oxygen atoms in total. The van der Waals surface area contributed by atoms with E-state index in [0.717, 1.165) is 61.0 Å².